The highest BCUT2D eigenvalue weighted by Gasteiger charge is 2.49. The number of amides is 4. The van der Waals surface area contributed by atoms with E-state index in [0.717, 1.165) is 65.3 Å². The lowest BCUT2D eigenvalue weighted by Gasteiger charge is -2.39. The minimum atomic E-state index is -3.84. The van der Waals surface area contributed by atoms with Crippen LogP contribution < -0.4 is 16.0 Å². The largest absolute Gasteiger partial charge is 0.394 e. The molecule has 0 saturated carbocycles. The molecular weight excluding hydrogens is 806 g/mol. The number of carbonyl (C=O) groups is 4. The molecule has 0 spiro atoms. The molecule has 4 N–H and O–H groups in total. The predicted octanol–water partition coefficient (Wildman–Crippen LogP) is 6.90. The van der Waals surface area contributed by atoms with E-state index in [-0.39, 0.29) is 47.7 Å². The summed E-state index contributed by atoms with van der Waals surface area (Å²) >= 11 is 1.52. The molecular formula is C45H48FN5O7S2. The van der Waals surface area contributed by atoms with Gasteiger partial charge in [0.2, 0.25) is 21.8 Å². The van der Waals surface area contributed by atoms with Crippen molar-refractivity contribution in [1.29, 1.82) is 0 Å². The molecule has 0 radical (unpaired) electrons. The number of aliphatic hydroxyl groups excluding tert-OH is 1. The van der Waals surface area contributed by atoms with Crippen LogP contribution in [0.5, 0.6) is 0 Å². The number of sulfonamides is 1. The molecule has 2 saturated heterocycles. The lowest BCUT2D eigenvalue weighted by molar-refractivity contribution is -0.136. The maximum Gasteiger partial charge on any atom is 0.263 e. The number of carbonyl (C=O) groups excluding carboxylic acids is 4. The van der Waals surface area contributed by atoms with Crippen molar-refractivity contribution in [2.75, 3.05) is 36.1 Å². The number of hydrogen-bond acceptors (Lipinski definition) is 10. The van der Waals surface area contributed by atoms with Gasteiger partial charge in [-0.3, -0.25) is 29.4 Å². The van der Waals surface area contributed by atoms with Gasteiger partial charge in [0.05, 0.1) is 34.7 Å². The first kappa shape index (κ1) is 41.6. The molecule has 0 aliphatic carbocycles. The van der Waals surface area contributed by atoms with E-state index in [2.05, 4.69) is 16.0 Å². The van der Waals surface area contributed by atoms with E-state index in [4.69, 9.17) is 0 Å². The summed E-state index contributed by atoms with van der Waals surface area (Å²) in [5, 5.41) is 19.3. The van der Waals surface area contributed by atoms with E-state index < -0.39 is 45.7 Å². The summed E-state index contributed by atoms with van der Waals surface area (Å²) in [5.74, 6) is -1.81. The van der Waals surface area contributed by atoms with E-state index >= 15 is 4.39 Å². The number of nitrogens with one attached hydrogen (secondary N) is 3. The number of thioether (sulfide) groups is 1. The fourth-order valence-electron chi connectivity index (χ4n) is 8.94. The van der Waals surface area contributed by atoms with E-state index in [1.807, 2.05) is 31.2 Å². The van der Waals surface area contributed by atoms with Crippen LogP contribution in [0.2, 0.25) is 0 Å². The van der Waals surface area contributed by atoms with Crippen molar-refractivity contribution in [2.24, 2.45) is 5.92 Å². The van der Waals surface area contributed by atoms with Crippen molar-refractivity contribution in [2.45, 2.75) is 86.2 Å². The van der Waals surface area contributed by atoms with Crippen LogP contribution in [-0.2, 0) is 19.6 Å². The van der Waals surface area contributed by atoms with Gasteiger partial charge in [-0.15, -0.1) is 11.8 Å². The Kier molecular flexibility index (Phi) is 12.1. The molecule has 1 unspecified atom stereocenters. The molecule has 0 aromatic heterocycles. The van der Waals surface area contributed by atoms with Gasteiger partial charge in [0, 0.05) is 47.3 Å². The first-order valence-electron chi connectivity index (χ1n) is 20.6. The lowest BCUT2D eigenvalue weighted by Crippen LogP contribution is -2.54. The summed E-state index contributed by atoms with van der Waals surface area (Å²) in [6, 6.07) is 20.7. The van der Waals surface area contributed by atoms with Crippen LogP contribution in [0, 0.1) is 18.7 Å². The monoisotopic (exact) mass is 853 g/mol. The number of hydrogen-bond donors (Lipinski definition) is 4. The van der Waals surface area contributed by atoms with Crippen LogP contribution in [0.1, 0.15) is 89.3 Å². The van der Waals surface area contributed by atoms with Gasteiger partial charge >= 0.3 is 0 Å². The Morgan fingerprint density at radius 3 is 2.45 bits per heavy atom. The van der Waals surface area contributed by atoms with Gasteiger partial charge in [-0.25, -0.2) is 12.8 Å². The van der Waals surface area contributed by atoms with Crippen molar-refractivity contribution in [3.8, 4) is 11.1 Å². The fraction of sp³-hybridized carbons (Fsp3) is 0.378. The minimum Gasteiger partial charge on any atom is -0.394 e. The molecule has 314 valence electrons. The molecule has 4 aromatic rings. The molecule has 4 aromatic carbocycles. The van der Waals surface area contributed by atoms with Gasteiger partial charge in [0.15, 0.2) is 0 Å². The second-order valence-corrected chi connectivity index (χ2v) is 19.0. The predicted molar refractivity (Wildman–Crippen MR) is 228 cm³/mol. The van der Waals surface area contributed by atoms with Crippen LogP contribution in [0.25, 0.3) is 11.1 Å². The van der Waals surface area contributed by atoms with E-state index in [9.17, 15) is 32.7 Å². The molecule has 12 nitrogen and oxygen atoms in total. The Morgan fingerprint density at radius 2 is 1.67 bits per heavy atom. The van der Waals surface area contributed by atoms with Crippen molar-refractivity contribution in [3.05, 3.63) is 107 Å². The third-order valence-electron chi connectivity index (χ3n) is 12.1. The summed E-state index contributed by atoms with van der Waals surface area (Å²) in [4.78, 5) is 52.5. The van der Waals surface area contributed by atoms with Crippen LogP contribution in [0.4, 0.5) is 15.8 Å². The fourth-order valence-corrected chi connectivity index (χ4v) is 11.7. The van der Waals surface area contributed by atoms with E-state index in [1.54, 1.807) is 52.8 Å². The third kappa shape index (κ3) is 8.07. The molecule has 15 heteroatoms. The van der Waals surface area contributed by atoms with Gasteiger partial charge in [-0.1, -0.05) is 49.1 Å². The first-order valence-corrected chi connectivity index (χ1v) is 23.0. The number of aryl methyl sites for hydroxylation is 1. The number of halogens is 1. The maximum absolute atomic E-state index is 15.5. The normalized spacial score (nSPS) is 21.4. The zero-order valence-corrected chi connectivity index (χ0v) is 34.9. The number of benzene rings is 4. The number of anilines is 2. The van der Waals surface area contributed by atoms with Crippen LogP contribution in [0.3, 0.4) is 0 Å². The maximum atomic E-state index is 15.5. The molecule has 8 rings (SSSR count). The van der Waals surface area contributed by atoms with Crippen molar-refractivity contribution >= 4 is 56.8 Å². The number of imide groups is 2. The quantitative estimate of drug-likeness (QED) is 0.0562. The van der Waals surface area contributed by atoms with Gasteiger partial charge in [0.1, 0.15) is 11.9 Å². The number of fused-ring (bicyclic) bond motifs is 4. The molecule has 4 heterocycles. The topological polar surface area (TPSA) is 165 Å². The highest BCUT2D eigenvalue weighted by Crippen LogP contribution is 2.49. The van der Waals surface area contributed by atoms with Gasteiger partial charge < -0.3 is 15.7 Å². The molecule has 4 aliphatic rings. The zero-order valence-electron chi connectivity index (χ0n) is 33.3. The Bertz CT molecular complexity index is 2450. The molecule has 2 fully saturated rings. The lowest BCUT2D eigenvalue weighted by atomic mass is 9.82. The number of piperidine rings is 1. The van der Waals surface area contributed by atoms with Crippen LogP contribution in [0.15, 0.2) is 88.7 Å². The van der Waals surface area contributed by atoms with E-state index in [0.29, 0.717) is 41.1 Å². The summed E-state index contributed by atoms with van der Waals surface area (Å²) in [7, 11) is -3.84. The zero-order chi connectivity index (χ0) is 42.1. The highest BCUT2D eigenvalue weighted by atomic mass is 32.2. The number of unbranched alkanes of at least 4 members (excludes halogenated alkanes) is 4. The second kappa shape index (κ2) is 17.5. The number of rotatable bonds is 15. The Morgan fingerprint density at radius 1 is 0.883 bits per heavy atom. The number of nitrogens with zero attached hydrogens (tertiary/aromatic N) is 2. The second-order valence-electron chi connectivity index (χ2n) is 15.9. The number of aliphatic hydroxyl groups is 1. The Hall–Kier alpha value is -5.09. The molecule has 4 atom stereocenters. The Balaban J connectivity index is 0.841. The van der Waals surface area contributed by atoms with Gasteiger partial charge in [0.25, 0.3) is 11.8 Å². The van der Waals surface area contributed by atoms with Crippen molar-refractivity contribution in [3.63, 3.8) is 0 Å². The summed E-state index contributed by atoms with van der Waals surface area (Å²) in [5.41, 5.74) is 4.89. The molecule has 60 heavy (non-hydrogen) atoms. The SMILES string of the molecule is Cc1ccc(S(=O)(=O)N2CC[C@@H]3[C@@H](CO)Nc4ccc(-c5cc(NCCCCCCCSc6cccc7c6C(=O)N(C6CCC(=O)NC6=O)C7=O)ccc5F)cc4[C@@H]32)cc1. The van der Waals surface area contributed by atoms with Crippen LogP contribution in [-0.4, -0.2) is 83.9 Å². The average Bonchev–Trinajstić information content (AvgIpc) is 3.81. The molecule has 0 bridgehead atoms. The smallest absolute Gasteiger partial charge is 0.263 e. The Labute approximate surface area is 353 Å². The van der Waals surface area contributed by atoms with E-state index in [1.165, 1.54) is 17.8 Å². The molecule has 4 amide bonds. The first-order chi connectivity index (χ1) is 29.0. The summed E-state index contributed by atoms with van der Waals surface area (Å²) in [6.45, 7) is 2.78. The average molecular weight is 854 g/mol. The van der Waals surface area contributed by atoms with Crippen LogP contribution >= 0.6 is 11.8 Å². The summed E-state index contributed by atoms with van der Waals surface area (Å²) < 4.78 is 45.0. The van der Waals surface area contributed by atoms with Crippen molar-refractivity contribution in [1.82, 2.24) is 14.5 Å². The summed E-state index contributed by atoms with van der Waals surface area (Å²) in [6.07, 6.45) is 5.56. The minimum absolute atomic E-state index is 0.0745. The molecule has 4 aliphatic heterocycles. The standard InChI is InChI=1S/C45H48FN5O7S2/c1-27-10-14-30(15-11-27)60(57,58)50-22-20-31-37(26-52)48-36-17-12-28(24-34(36)42(31)50)33-25-29(13-16-35(33)46)47-21-5-3-2-4-6-23-59-39-9-7-8-32-41(39)45(56)51(44(32)55)38-18-19-40(53)49-43(38)54/h7-17,24-25,31,37-38,42,47-48,52H,2-6,18-23,26H2,1H3,(H,49,53,54)/t31-,37-,38?,42-/m1/s1. The van der Waals surface area contributed by atoms with Gasteiger partial charge in [-0.2, -0.15) is 4.31 Å². The third-order valence-corrected chi connectivity index (χ3v) is 15.1. The highest BCUT2D eigenvalue weighted by molar-refractivity contribution is 7.99. The van der Waals surface area contributed by atoms with Gasteiger partial charge in [-0.05, 0) is 104 Å². The van der Waals surface area contributed by atoms with Crippen molar-refractivity contribution < 1.29 is 37.1 Å².